The maximum atomic E-state index is 13.1. The van der Waals surface area contributed by atoms with Gasteiger partial charge in [0.15, 0.2) is 0 Å². The van der Waals surface area contributed by atoms with E-state index in [1.807, 2.05) is 24.3 Å². The van der Waals surface area contributed by atoms with E-state index in [0.29, 0.717) is 18.4 Å². The first-order chi connectivity index (χ1) is 13.1. The molecule has 1 N–H and O–H groups in total. The maximum Gasteiger partial charge on any atom is 0.227 e. The quantitative estimate of drug-likeness (QED) is 0.717. The molecular formula is C22H25FN4. The van der Waals surface area contributed by atoms with Crippen LogP contribution < -0.4 is 10.2 Å². The van der Waals surface area contributed by atoms with Crippen LogP contribution >= 0.6 is 0 Å². The molecule has 2 aromatic carbocycles. The number of benzene rings is 2. The molecule has 2 unspecified atom stereocenters. The van der Waals surface area contributed by atoms with Crippen LogP contribution in [0.25, 0.3) is 10.9 Å². The molecule has 2 atom stereocenters. The Hall–Kier alpha value is -2.69. The molecular weight excluding hydrogens is 339 g/mol. The van der Waals surface area contributed by atoms with Gasteiger partial charge in [0, 0.05) is 25.0 Å². The zero-order valence-electron chi connectivity index (χ0n) is 15.8. The molecule has 0 radical (unpaired) electrons. The lowest BCUT2D eigenvalue weighted by Crippen LogP contribution is -2.39. The molecule has 1 fully saturated rings. The van der Waals surface area contributed by atoms with Gasteiger partial charge in [-0.3, -0.25) is 0 Å². The Labute approximate surface area is 159 Å². The second kappa shape index (κ2) is 7.51. The number of aromatic nitrogens is 2. The molecule has 4 nitrogen and oxygen atoms in total. The van der Waals surface area contributed by atoms with Crippen molar-refractivity contribution in [1.82, 2.24) is 9.97 Å². The number of anilines is 2. The van der Waals surface area contributed by atoms with Crippen LogP contribution in [0.5, 0.6) is 0 Å². The van der Waals surface area contributed by atoms with Gasteiger partial charge in [0.2, 0.25) is 5.95 Å². The standard InChI is InChI=1S/C22H25FN4/c1-15-11-16(2)14-27(13-15)22-25-20-6-4-3-5-19(20)21(26-22)24-12-17-7-9-18(23)10-8-17/h3-10,15-16H,11-14H2,1-2H3,(H,24,25,26). The van der Waals surface area contributed by atoms with Crippen molar-refractivity contribution < 1.29 is 4.39 Å². The molecule has 1 aliphatic heterocycles. The van der Waals surface area contributed by atoms with Crippen LogP contribution in [0, 0.1) is 17.7 Å². The van der Waals surface area contributed by atoms with Gasteiger partial charge in [-0.2, -0.15) is 4.98 Å². The monoisotopic (exact) mass is 364 g/mol. The van der Waals surface area contributed by atoms with Gasteiger partial charge in [0.05, 0.1) is 5.52 Å². The summed E-state index contributed by atoms with van der Waals surface area (Å²) in [5.41, 5.74) is 1.95. The van der Waals surface area contributed by atoms with E-state index in [1.54, 1.807) is 12.1 Å². The third-order valence-corrected chi connectivity index (χ3v) is 5.12. The third kappa shape index (κ3) is 4.02. The number of nitrogens with zero attached hydrogens (tertiary/aromatic N) is 3. The molecule has 4 rings (SSSR count). The van der Waals surface area contributed by atoms with E-state index in [0.717, 1.165) is 41.3 Å². The van der Waals surface area contributed by atoms with Gasteiger partial charge in [-0.05, 0) is 48.1 Å². The normalized spacial score (nSPS) is 20.0. The summed E-state index contributed by atoms with van der Waals surface area (Å²) in [6.45, 7) is 7.14. The van der Waals surface area contributed by atoms with Crippen LogP contribution in [0.4, 0.5) is 16.2 Å². The number of piperidine rings is 1. The van der Waals surface area contributed by atoms with Crippen LogP contribution in [0.15, 0.2) is 48.5 Å². The van der Waals surface area contributed by atoms with Crippen LogP contribution in [-0.4, -0.2) is 23.1 Å². The lowest BCUT2D eigenvalue weighted by atomic mass is 9.92. The number of fused-ring (bicyclic) bond motifs is 1. The fourth-order valence-electron chi connectivity index (χ4n) is 3.95. The largest absolute Gasteiger partial charge is 0.365 e. The number of nitrogens with one attached hydrogen (secondary N) is 1. The van der Waals surface area contributed by atoms with Crippen LogP contribution in [0.1, 0.15) is 25.8 Å². The van der Waals surface area contributed by atoms with Crippen LogP contribution in [0.2, 0.25) is 0 Å². The van der Waals surface area contributed by atoms with Crippen molar-refractivity contribution in [1.29, 1.82) is 0 Å². The van der Waals surface area contributed by atoms with Gasteiger partial charge >= 0.3 is 0 Å². The van der Waals surface area contributed by atoms with E-state index < -0.39 is 0 Å². The first kappa shape index (κ1) is 17.7. The smallest absolute Gasteiger partial charge is 0.227 e. The molecule has 0 aliphatic carbocycles. The van der Waals surface area contributed by atoms with Gasteiger partial charge < -0.3 is 10.2 Å². The zero-order chi connectivity index (χ0) is 18.8. The average molecular weight is 364 g/mol. The van der Waals surface area contributed by atoms with E-state index in [9.17, 15) is 4.39 Å². The highest BCUT2D eigenvalue weighted by molar-refractivity contribution is 5.90. The molecule has 5 heteroatoms. The van der Waals surface area contributed by atoms with Gasteiger partial charge in [-0.25, -0.2) is 9.37 Å². The number of rotatable bonds is 4. The fraction of sp³-hybridized carbons (Fsp3) is 0.364. The predicted molar refractivity (Wildman–Crippen MR) is 108 cm³/mol. The lowest BCUT2D eigenvalue weighted by Gasteiger charge is -2.35. The summed E-state index contributed by atoms with van der Waals surface area (Å²) in [7, 11) is 0. The molecule has 1 aromatic heterocycles. The highest BCUT2D eigenvalue weighted by Crippen LogP contribution is 2.28. The van der Waals surface area contributed by atoms with E-state index in [1.165, 1.54) is 18.6 Å². The lowest BCUT2D eigenvalue weighted by molar-refractivity contribution is 0.354. The van der Waals surface area contributed by atoms with Crippen molar-refractivity contribution in [3.8, 4) is 0 Å². The Bertz CT molecular complexity index is 915. The minimum absolute atomic E-state index is 0.220. The van der Waals surface area contributed by atoms with Crippen LogP contribution in [0.3, 0.4) is 0 Å². The topological polar surface area (TPSA) is 41.1 Å². The third-order valence-electron chi connectivity index (χ3n) is 5.12. The minimum Gasteiger partial charge on any atom is -0.365 e. The molecule has 2 heterocycles. The Morgan fingerprint density at radius 2 is 1.70 bits per heavy atom. The first-order valence-corrected chi connectivity index (χ1v) is 9.58. The Balaban J connectivity index is 1.65. The molecule has 0 amide bonds. The van der Waals surface area contributed by atoms with Crippen molar-refractivity contribution in [2.75, 3.05) is 23.3 Å². The van der Waals surface area contributed by atoms with E-state index in [2.05, 4.69) is 24.1 Å². The second-order valence-corrected chi connectivity index (χ2v) is 7.72. The Morgan fingerprint density at radius 1 is 1.00 bits per heavy atom. The first-order valence-electron chi connectivity index (χ1n) is 9.58. The number of hydrogen-bond acceptors (Lipinski definition) is 4. The Morgan fingerprint density at radius 3 is 2.44 bits per heavy atom. The molecule has 3 aromatic rings. The Kier molecular flexibility index (Phi) is 4.92. The summed E-state index contributed by atoms with van der Waals surface area (Å²) in [5, 5.41) is 4.43. The van der Waals surface area contributed by atoms with Crippen LogP contribution in [-0.2, 0) is 6.54 Å². The summed E-state index contributed by atoms with van der Waals surface area (Å²) in [5.74, 6) is 2.67. The average Bonchev–Trinajstić information content (AvgIpc) is 2.66. The molecule has 1 saturated heterocycles. The molecule has 0 bridgehead atoms. The van der Waals surface area contributed by atoms with Gasteiger partial charge in [-0.1, -0.05) is 38.1 Å². The van der Waals surface area contributed by atoms with Gasteiger partial charge in [0.1, 0.15) is 11.6 Å². The van der Waals surface area contributed by atoms with Gasteiger partial charge in [0.25, 0.3) is 0 Å². The van der Waals surface area contributed by atoms with Crippen molar-refractivity contribution in [2.45, 2.75) is 26.8 Å². The van der Waals surface area contributed by atoms with Crippen molar-refractivity contribution >= 4 is 22.7 Å². The summed E-state index contributed by atoms with van der Waals surface area (Å²) >= 11 is 0. The summed E-state index contributed by atoms with van der Waals surface area (Å²) in [6.07, 6.45) is 1.25. The minimum atomic E-state index is -0.220. The summed E-state index contributed by atoms with van der Waals surface area (Å²) in [4.78, 5) is 12.0. The highest BCUT2D eigenvalue weighted by atomic mass is 19.1. The highest BCUT2D eigenvalue weighted by Gasteiger charge is 2.24. The molecule has 0 spiro atoms. The van der Waals surface area contributed by atoms with Gasteiger partial charge in [-0.15, -0.1) is 0 Å². The van der Waals surface area contributed by atoms with E-state index in [4.69, 9.17) is 9.97 Å². The SMILES string of the molecule is CC1CC(C)CN(c2nc(NCc3ccc(F)cc3)c3ccccc3n2)C1. The van der Waals surface area contributed by atoms with E-state index >= 15 is 0 Å². The van der Waals surface area contributed by atoms with Crippen molar-refractivity contribution in [2.24, 2.45) is 11.8 Å². The van der Waals surface area contributed by atoms with E-state index in [-0.39, 0.29) is 5.82 Å². The number of para-hydroxylation sites is 1. The molecule has 140 valence electrons. The number of hydrogen-bond donors (Lipinski definition) is 1. The zero-order valence-corrected chi connectivity index (χ0v) is 15.8. The second-order valence-electron chi connectivity index (χ2n) is 7.72. The van der Waals surface area contributed by atoms with Crippen molar-refractivity contribution in [3.63, 3.8) is 0 Å². The molecule has 1 aliphatic rings. The fourth-order valence-corrected chi connectivity index (χ4v) is 3.95. The van der Waals surface area contributed by atoms with Crippen molar-refractivity contribution in [3.05, 3.63) is 59.9 Å². The maximum absolute atomic E-state index is 13.1. The predicted octanol–water partition coefficient (Wildman–Crippen LogP) is 4.86. The summed E-state index contributed by atoms with van der Waals surface area (Å²) in [6, 6.07) is 14.6. The number of halogens is 1. The summed E-state index contributed by atoms with van der Waals surface area (Å²) < 4.78 is 13.1. The molecule has 0 saturated carbocycles. The molecule has 27 heavy (non-hydrogen) atoms.